The summed E-state index contributed by atoms with van der Waals surface area (Å²) in [7, 11) is 0. The smallest absolute Gasteiger partial charge is 0.251 e. The molecule has 1 aliphatic rings. The molecule has 1 amide bonds. The summed E-state index contributed by atoms with van der Waals surface area (Å²) in [6.45, 7) is 9.97. The molecule has 26 heavy (non-hydrogen) atoms. The Balaban J connectivity index is 1.89. The third kappa shape index (κ3) is 3.60. The summed E-state index contributed by atoms with van der Waals surface area (Å²) in [5, 5.41) is 0.467. The number of hydrogen-bond acceptors (Lipinski definition) is 4. The molecule has 0 saturated carbocycles. The van der Waals surface area contributed by atoms with E-state index in [1.54, 1.807) is 6.92 Å². The number of nitrogens with one attached hydrogen (secondary N) is 1. The zero-order chi connectivity index (χ0) is 19.1. The minimum Gasteiger partial charge on any atom is -0.302 e. The van der Waals surface area contributed by atoms with Crippen LogP contribution in [-0.2, 0) is 4.79 Å². The van der Waals surface area contributed by atoms with Gasteiger partial charge in [-0.2, -0.15) is 0 Å². The van der Waals surface area contributed by atoms with Crippen LogP contribution in [-0.4, -0.2) is 27.2 Å². The van der Waals surface area contributed by atoms with E-state index in [-0.39, 0.29) is 17.2 Å². The van der Waals surface area contributed by atoms with E-state index in [0.717, 1.165) is 11.3 Å². The minimum absolute atomic E-state index is 0.0157. The maximum Gasteiger partial charge on any atom is 0.251 e. The van der Waals surface area contributed by atoms with Crippen molar-refractivity contribution in [2.24, 2.45) is 0 Å². The molecular formula is C20H23N3O2S. The van der Waals surface area contributed by atoms with Crippen LogP contribution < -0.4 is 10.5 Å². The van der Waals surface area contributed by atoms with Crippen LogP contribution in [0.1, 0.15) is 37.6 Å². The van der Waals surface area contributed by atoms with Gasteiger partial charge in [-0.3, -0.25) is 9.59 Å². The average Bonchev–Trinajstić information content (AvgIpc) is 2.52. The third-order valence-electron chi connectivity index (χ3n) is 4.39. The van der Waals surface area contributed by atoms with Crippen LogP contribution >= 0.6 is 11.8 Å². The van der Waals surface area contributed by atoms with Crippen LogP contribution in [0.25, 0.3) is 5.57 Å². The normalized spacial score (nSPS) is 15.4. The fourth-order valence-corrected chi connectivity index (χ4v) is 4.18. The largest absolute Gasteiger partial charge is 0.302 e. The second-order valence-corrected chi connectivity index (χ2v) is 8.18. The highest BCUT2D eigenvalue weighted by atomic mass is 32.2. The first-order valence-electron chi connectivity index (χ1n) is 8.52. The van der Waals surface area contributed by atoms with E-state index < -0.39 is 5.54 Å². The number of anilines is 1. The number of aromatic nitrogens is 2. The van der Waals surface area contributed by atoms with Crippen molar-refractivity contribution in [2.75, 3.05) is 10.7 Å². The Kier molecular flexibility index (Phi) is 4.80. The molecule has 0 atom stereocenters. The fourth-order valence-electron chi connectivity index (χ4n) is 3.41. The van der Waals surface area contributed by atoms with Crippen LogP contribution in [0.4, 0.5) is 5.69 Å². The number of fused-ring (bicyclic) bond motifs is 1. The summed E-state index contributed by atoms with van der Waals surface area (Å²) in [5.74, 6) is 0.189. The van der Waals surface area contributed by atoms with Gasteiger partial charge >= 0.3 is 0 Å². The van der Waals surface area contributed by atoms with E-state index in [1.807, 2.05) is 30.9 Å². The fraction of sp³-hybridized carbons (Fsp3) is 0.350. The lowest BCUT2D eigenvalue weighted by molar-refractivity contribution is -0.116. The van der Waals surface area contributed by atoms with Gasteiger partial charge in [0.1, 0.15) is 0 Å². The number of amides is 1. The molecule has 0 unspecified atom stereocenters. The molecule has 1 aliphatic heterocycles. The van der Waals surface area contributed by atoms with Crippen molar-refractivity contribution in [3.8, 4) is 0 Å². The lowest BCUT2D eigenvalue weighted by Crippen LogP contribution is -2.49. The lowest BCUT2D eigenvalue weighted by Gasteiger charge is -2.41. The van der Waals surface area contributed by atoms with Crippen molar-refractivity contribution in [3.63, 3.8) is 0 Å². The molecule has 136 valence electrons. The molecule has 2 aromatic rings. The number of rotatable bonds is 3. The van der Waals surface area contributed by atoms with Gasteiger partial charge in [0.05, 0.1) is 17.0 Å². The van der Waals surface area contributed by atoms with Crippen LogP contribution in [0.3, 0.4) is 0 Å². The molecule has 1 aromatic heterocycles. The first kappa shape index (κ1) is 18.5. The number of allylic oxidation sites excluding steroid dienone is 1. The quantitative estimate of drug-likeness (QED) is 0.662. The number of aromatic amines is 1. The number of H-pyrrole nitrogens is 1. The van der Waals surface area contributed by atoms with E-state index >= 15 is 0 Å². The van der Waals surface area contributed by atoms with Crippen LogP contribution in [0.2, 0.25) is 0 Å². The highest BCUT2D eigenvalue weighted by molar-refractivity contribution is 7.99. The Morgan fingerprint density at radius 1 is 1.23 bits per heavy atom. The highest BCUT2D eigenvalue weighted by Crippen LogP contribution is 2.39. The van der Waals surface area contributed by atoms with E-state index in [1.165, 1.54) is 29.0 Å². The monoisotopic (exact) mass is 369 g/mol. The summed E-state index contributed by atoms with van der Waals surface area (Å²) >= 11 is 1.25. The third-order valence-corrected chi connectivity index (χ3v) is 5.25. The van der Waals surface area contributed by atoms with Gasteiger partial charge < -0.3 is 9.88 Å². The molecule has 0 aliphatic carbocycles. The summed E-state index contributed by atoms with van der Waals surface area (Å²) in [6, 6.07) is 7.59. The Labute approximate surface area is 157 Å². The van der Waals surface area contributed by atoms with Gasteiger partial charge in [0.25, 0.3) is 5.56 Å². The first-order chi connectivity index (χ1) is 12.2. The van der Waals surface area contributed by atoms with Crippen LogP contribution in [0.15, 0.2) is 40.3 Å². The van der Waals surface area contributed by atoms with Gasteiger partial charge in [0.15, 0.2) is 5.16 Å². The molecule has 1 aromatic carbocycles. The van der Waals surface area contributed by atoms with Crippen molar-refractivity contribution >= 4 is 28.9 Å². The molecule has 5 nitrogen and oxygen atoms in total. The van der Waals surface area contributed by atoms with Gasteiger partial charge in [-0.1, -0.05) is 29.5 Å². The number of hydrogen-bond donors (Lipinski definition) is 1. The van der Waals surface area contributed by atoms with Gasteiger partial charge in [0.2, 0.25) is 5.91 Å². The predicted octanol–water partition coefficient (Wildman–Crippen LogP) is 3.71. The summed E-state index contributed by atoms with van der Waals surface area (Å²) < 4.78 is 0. The van der Waals surface area contributed by atoms with Gasteiger partial charge in [-0.15, -0.1) is 0 Å². The number of aryl methyl sites for hydroxylation is 2. The highest BCUT2D eigenvalue weighted by Gasteiger charge is 2.35. The van der Waals surface area contributed by atoms with Crippen molar-refractivity contribution < 1.29 is 4.79 Å². The maximum atomic E-state index is 13.1. The van der Waals surface area contributed by atoms with Crippen molar-refractivity contribution in [1.82, 2.24) is 9.97 Å². The number of nitrogens with zero attached hydrogens (tertiary/aromatic N) is 2. The Morgan fingerprint density at radius 2 is 1.96 bits per heavy atom. The molecule has 0 spiro atoms. The molecule has 2 heterocycles. The summed E-state index contributed by atoms with van der Waals surface area (Å²) in [4.78, 5) is 33.4. The van der Waals surface area contributed by atoms with Gasteiger partial charge in [-0.25, -0.2) is 4.98 Å². The van der Waals surface area contributed by atoms with Crippen molar-refractivity contribution in [3.05, 3.63) is 57.5 Å². The summed E-state index contributed by atoms with van der Waals surface area (Å²) in [5.41, 5.74) is 4.38. The zero-order valence-electron chi connectivity index (χ0n) is 15.7. The zero-order valence-corrected chi connectivity index (χ0v) is 16.5. The topological polar surface area (TPSA) is 66.1 Å². The van der Waals surface area contributed by atoms with E-state index in [0.29, 0.717) is 10.9 Å². The van der Waals surface area contributed by atoms with E-state index in [4.69, 9.17) is 0 Å². The molecule has 1 N–H and O–H groups in total. The van der Waals surface area contributed by atoms with Crippen LogP contribution in [0, 0.1) is 13.8 Å². The Morgan fingerprint density at radius 3 is 2.65 bits per heavy atom. The second-order valence-electron chi connectivity index (χ2n) is 7.21. The Bertz CT molecular complexity index is 960. The maximum absolute atomic E-state index is 13.1. The average molecular weight is 369 g/mol. The SMILES string of the molecule is CC1=CC(C)(C)N(C(=O)CSc2nc(C)cc(=O)[nH]2)c2ccc(C)cc21. The van der Waals surface area contributed by atoms with Crippen molar-refractivity contribution in [2.45, 2.75) is 45.3 Å². The number of thioether (sulfide) groups is 1. The van der Waals surface area contributed by atoms with Crippen LogP contribution in [0.5, 0.6) is 0 Å². The molecule has 6 heteroatoms. The van der Waals surface area contributed by atoms with Crippen molar-refractivity contribution in [1.29, 1.82) is 0 Å². The predicted molar refractivity (Wildman–Crippen MR) is 107 cm³/mol. The van der Waals surface area contributed by atoms with Gasteiger partial charge in [0, 0.05) is 17.3 Å². The van der Waals surface area contributed by atoms with E-state index in [9.17, 15) is 9.59 Å². The molecule has 3 rings (SSSR count). The van der Waals surface area contributed by atoms with Gasteiger partial charge in [-0.05, 0) is 52.3 Å². The Hall–Kier alpha value is -2.34. The molecular weight excluding hydrogens is 346 g/mol. The number of carbonyl (C=O) groups is 1. The summed E-state index contributed by atoms with van der Waals surface area (Å²) in [6.07, 6.45) is 2.13. The standard InChI is InChI=1S/C20H23N3O2S/c1-12-6-7-16-15(8-12)13(2)10-20(4,5)23(16)18(25)11-26-19-21-14(3)9-17(24)22-19/h6-10H,11H2,1-5H3,(H,21,22,24). The molecule has 0 saturated heterocycles. The van der Waals surface area contributed by atoms with E-state index in [2.05, 4.69) is 36.0 Å². The number of benzene rings is 1. The lowest BCUT2D eigenvalue weighted by atomic mass is 9.88. The molecule has 0 bridgehead atoms. The molecule has 0 radical (unpaired) electrons. The molecule has 0 fully saturated rings. The minimum atomic E-state index is -0.419. The first-order valence-corrected chi connectivity index (χ1v) is 9.50. The second kappa shape index (κ2) is 6.76. The number of carbonyl (C=O) groups excluding carboxylic acids is 1.